The van der Waals surface area contributed by atoms with E-state index in [2.05, 4.69) is 26.5 Å². The SMILES string of the molecule is Cc1ccccc1NC(=O)C(=O)N/N=C/c1ccc(CNC(=O)C(=O)Nc2ccc(Cl)c(Cl)c2)o1. The average molecular weight is 516 g/mol. The zero-order valence-electron chi connectivity index (χ0n) is 18.2. The molecule has 3 rings (SSSR count). The number of hydrogen-bond acceptors (Lipinski definition) is 6. The number of carbonyl (C=O) groups excluding carboxylic acids is 4. The van der Waals surface area contributed by atoms with Crippen LogP contribution in [0.3, 0.4) is 0 Å². The van der Waals surface area contributed by atoms with Crippen LogP contribution in [0, 0.1) is 6.92 Å². The Hall–Kier alpha value is -4.15. The van der Waals surface area contributed by atoms with Gasteiger partial charge in [0.15, 0.2) is 0 Å². The Labute approximate surface area is 209 Å². The van der Waals surface area contributed by atoms with E-state index >= 15 is 0 Å². The smallest absolute Gasteiger partial charge is 0.329 e. The van der Waals surface area contributed by atoms with Crippen LogP contribution in [0.4, 0.5) is 11.4 Å². The Bertz CT molecular complexity index is 1300. The highest BCUT2D eigenvalue weighted by Crippen LogP contribution is 2.24. The van der Waals surface area contributed by atoms with Crippen LogP contribution >= 0.6 is 23.2 Å². The number of benzene rings is 2. The van der Waals surface area contributed by atoms with Gasteiger partial charge in [-0.05, 0) is 48.9 Å². The number of amides is 4. The van der Waals surface area contributed by atoms with Crippen LogP contribution in [0.25, 0.3) is 0 Å². The molecule has 0 aliphatic rings. The molecular weight excluding hydrogens is 497 g/mol. The van der Waals surface area contributed by atoms with E-state index in [1.54, 1.807) is 31.2 Å². The number of hydrogen-bond donors (Lipinski definition) is 4. The zero-order valence-corrected chi connectivity index (χ0v) is 19.7. The maximum atomic E-state index is 12.0. The molecule has 3 aromatic rings. The van der Waals surface area contributed by atoms with Gasteiger partial charge in [0.25, 0.3) is 0 Å². The Kier molecular flexibility index (Phi) is 8.60. The molecule has 0 saturated heterocycles. The summed E-state index contributed by atoms with van der Waals surface area (Å²) >= 11 is 11.7. The van der Waals surface area contributed by atoms with Crippen LogP contribution in [0.2, 0.25) is 10.0 Å². The lowest BCUT2D eigenvalue weighted by atomic mass is 10.2. The summed E-state index contributed by atoms with van der Waals surface area (Å²) < 4.78 is 5.43. The first kappa shape index (κ1) is 25.5. The number of furan rings is 1. The molecule has 2 aromatic carbocycles. The van der Waals surface area contributed by atoms with Crippen molar-refractivity contribution in [1.82, 2.24) is 10.7 Å². The maximum Gasteiger partial charge on any atom is 0.329 e. The van der Waals surface area contributed by atoms with E-state index in [0.29, 0.717) is 22.2 Å². The highest BCUT2D eigenvalue weighted by atomic mass is 35.5. The largest absolute Gasteiger partial charge is 0.458 e. The molecule has 0 bridgehead atoms. The first-order chi connectivity index (χ1) is 16.7. The van der Waals surface area contributed by atoms with Crippen LogP contribution in [-0.2, 0) is 25.7 Å². The van der Waals surface area contributed by atoms with Gasteiger partial charge in [0.2, 0.25) is 0 Å². The van der Waals surface area contributed by atoms with Crippen LogP contribution in [0.1, 0.15) is 17.1 Å². The third kappa shape index (κ3) is 7.42. The minimum Gasteiger partial charge on any atom is -0.458 e. The van der Waals surface area contributed by atoms with E-state index in [9.17, 15) is 19.2 Å². The number of carbonyl (C=O) groups is 4. The number of rotatable bonds is 6. The highest BCUT2D eigenvalue weighted by Gasteiger charge is 2.15. The Morgan fingerprint density at radius 1 is 0.886 bits per heavy atom. The second-order valence-electron chi connectivity index (χ2n) is 7.04. The second-order valence-corrected chi connectivity index (χ2v) is 7.85. The molecule has 0 unspecified atom stereocenters. The van der Waals surface area contributed by atoms with E-state index in [1.165, 1.54) is 30.5 Å². The third-order valence-corrected chi connectivity index (χ3v) is 5.19. The minimum absolute atomic E-state index is 0.0767. The normalized spacial score (nSPS) is 10.6. The molecule has 12 heteroatoms. The van der Waals surface area contributed by atoms with Crippen molar-refractivity contribution >= 4 is 64.4 Å². The molecule has 0 atom stereocenters. The van der Waals surface area contributed by atoms with Gasteiger partial charge in [-0.2, -0.15) is 5.10 Å². The molecule has 1 heterocycles. The van der Waals surface area contributed by atoms with Gasteiger partial charge in [-0.15, -0.1) is 0 Å². The molecule has 35 heavy (non-hydrogen) atoms. The van der Waals surface area contributed by atoms with Crippen molar-refractivity contribution in [3.8, 4) is 0 Å². The number of anilines is 2. The summed E-state index contributed by atoms with van der Waals surface area (Å²) in [4.78, 5) is 47.9. The summed E-state index contributed by atoms with van der Waals surface area (Å²) in [6.07, 6.45) is 1.18. The first-order valence-corrected chi connectivity index (χ1v) is 10.8. The molecule has 180 valence electrons. The fourth-order valence-electron chi connectivity index (χ4n) is 2.67. The number of para-hydroxylation sites is 1. The van der Waals surface area contributed by atoms with Gasteiger partial charge in [-0.25, -0.2) is 5.43 Å². The van der Waals surface area contributed by atoms with E-state index in [4.69, 9.17) is 27.6 Å². The van der Waals surface area contributed by atoms with Crippen molar-refractivity contribution in [2.45, 2.75) is 13.5 Å². The molecule has 0 radical (unpaired) electrons. The maximum absolute atomic E-state index is 12.0. The molecule has 1 aromatic heterocycles. The van der Waals surface area contributed by atoms with Crippen molar-refractivity contribution in [1.29, 1.82) is 0 Å². The van der Waals surface area contributed by atoms with Gasteiger partial charge < -0.3 is 20.4 Å². The van der Waals surface area contributed by atoms with E-state index < -0.39 is 23.6 Å². The number of halogens is 2. The topological polar surface area (TPSA) is 142 Å². The fraction of sp³-hybridized carbons (Fsp3) is 0.0870. The zero-order chi connectivity index (χ0) is 25.4. The quantitative estimate of drug-likeness (QED) is 0.226. The predicted octanol–water partition coefficient (Wildman–Crippen LogP) is 3.24. The number of aryl methyl sites for hydroxylation is 1. The summed E-state index contributed by atoms with van der Waals surface area (Å²) in [5.74, 6) is -3.06. The lowest BCUT2D eigenvalue weighted by Crippen LogP contribution is -2.34. The van der Waals surface area contributed by atoms with Crippen molar-refractivity contribution in [3.05, 3.63) is 81.7 Å². The predicted molar refractivity (Wildman–Crippen MR) is 131 cm³/mol. The molecule has 0 aliphatic heterocycles. The molecule has 10 nitrogen and oxygen atoms in total. The number of hydrazone groups is 1. The van der Waals surface area contributed by atoms with E-state index in [0.717, 1.165) is 5.56 Å². The Morgan fingerprint density at radius 3 is 2.37 bits per heavy atom. The first-order valence-electron chi connectivity index (χ1n) is 10.1. The number of nitrogens with one attached hydrogen (secondary N) is 4. The minimum atomic E-state index is -0.962. The molecule has 4 amide bonds. The number of nitrogens with zero attached hydrogens (tertiary/aromatic N) is 1. The van der Waals surface area contributed by atoms with Crippen LogP contribution in [0.15, 0.2) is 64.1 Å². The van der Waals surface area contributed by atoms with Crippen LogP contribution in [0.5, 0.6) is 0 Å². The van der Waals surface area contributed by atoms with Gasteiger partial charge in [-0.3, -0.25) is 19.2 Å². The van der Waals surface area contributed by atoms with Gasteiger partial charge in [0, 0.05) is 11.4 Å². The summed E-state index contributed by atoms with van der Waals surface area (Å²) in [6, 6.07) is 14.5. The Morgan fingerprint density at radius 2 is 1.63 bits per heavy atom. The third-order valence-electron chi connectivity index (χ3n) is 4.45. The fourth-order valence-corrected chi connectivity index (χ4v) is 2.96. The highest BCUT2D eigenvalue weighted by molar-refractivity contribution is 6.43. The standard InChI is InChI=1S/C23H19Cl2N5O5/c1-13-4-2-3-5-19(13)29-22(33)23(34)30-27-12-16-8-7-15(35-16)11-26-20(31)21(32)28-14-6-9-17(24)18(25)10-14/h2-10,12H,11H2,1H3,(H,26,31)(H,28,32)(H,29,33)(H,30,34)/b27-12+. The molecule has 0 aliphatic carbocycles. The summed E-state index contributed by atoms with van der Waals surface area (Å²) in [5, 5.41) is 11.5. The van der Waals surface area contributed by atoms with E-state index in [1.807, 2.05) is 6.07 Å². The lowest BCUT2D eigenvalue weighted by molar-refractivity contribution is -0.136. The summed E-state index contributed by atoms with van der Waals surface area (Å²) in [5.41, 5.74) is 3.72. The molecule has 4 N–H and O–H groups in total. The van der Waals surface area contributed by atoms with Gasteiger partial charge in [0.05, 0.1) is 22.8 Å². The van der Waals surface area contributed by atoms with Crippen molar-refractivity contribution in [2.24, 2.45) is 5.10 Å². The second kappa shape index (κ2) is 11.8. The monoisotopic (exact) mass is 515 g/mol. The Balaban J connectivity index is 1.44. The molecular formula is C23H19Cl2N5O5. The molecule has 0 fully saturated rings. The summed E-state index contributed by atoms with van der Waals surface area (Å²) in [6.45, 7) is 1.72. The van der Waals surface area contributed by atoms with Crippen molar-refractivity contribution < 1.29 is 23.6 Å². The molecule has 0 spiro atoms. The average Bonchev–Trinajstić information content (AvgIpc) is 3.28. The van der Waals surface area contributed by atoms with Gasteiger partial charge >= 0.3 is 23.6 Å². The van der Waals surface area contributed by atoms with Crippen molar-refractivity contribution in [3.63, 3.8) is 0 Å². The lowest BCUT2D eigenvalue weighted by Gasteiger charge is -2.06. The van der Waals surface area contributed by atoms with Crippen LogP contribution in [-0.4, -0.2) is 29.8 Å². The van der Waals surface area contributed by atoms with Crippen molar-refractivity contribution in [2.75, 3.05) is 10.6 Å². The van der Waals surface area contributed by atoms with Crippen LogP contribution < -0.4 is 21.4 Å². The molecule has 0 saturated carbocycles. The van der Waals surface area contributed by atoms with E-state index in [-0.39, 0.29) is 17.3 Å². The van der Waals surface area contributed by atoms with Gasteiger partial charge in [-0.1, -0.05) is 41.4 Å². The van der Waals surface area contributed by atoms with Gasteiger partial charge in [0.1, 0.15) is 11.5 Å². The summed E-state index contributed by atoms with van der Waals surface area (Å²) in [7, 11) is 0.